The lowest BCUT2D eigenvalue weighted by Gasteiger charge is -2.22. The van der Waals surface area contributed by atoms with E-state index in [1.807, 2.05) is 0 Å². The normalized spacial score (nSPS) is 31.5. The van der Waals surface area contributed by atoms with Crippen molar-refractivity contribution >= 4 is 0 Å². The summed E-state index contributed by atoms with van der Waals surface area (Å²) in [5.41, 5.74) is 0. The summed E-state index contributed by atoms with van der Waals surface area (Å²) < 4.78 is 0. The van der Waals surface area contributed by atoms with Crippen LogP contribution in [0.15, 0.2) is 0 Å². The van der Waals surface area contributed by atoms with Crippen molar-refractivity contribution in [2.24, 2.45) is 11.8 Å². The van der Waals surface area contributed by atoms with Crippen LogP contribution in [0.25, 0.3) is 0 Å². The van der Waals surface area contributed by atoms with Gasteiger partial charge in [-0.2, -0.15) is 0 Å². The highest BCUT2D eigenvalue weighted by molar-refractivity contribution is 4.67. The van der Waals surface area contributed by atoms with Crippen LogP contribution < -0.4 is 5.32 Å². The molecule has 12 heavy (non-hydrogen) atoms. The highest BCUT2D eigenvalue weighted by Gasteiger charge is 2.11. The van der Waals surface area contributed by atoms with E-state index in [1.54, 1.807) is 0 Å². The second-order valence-electron chi connectivity index (χ2n) is 3.95. The topological polar surface area (TPSA) is 12.0 Å². The average molecular weight is 171 g/mol. The lowest BCUT2D eigenvalue weighted by molar-refractivity contribution is 0.334. The second kappa shape index (κ2) is 6.47. The Bertz CT molecular complexity index is 101. The van der Waals surface area contributed by atoms with Gasteiger partial charge < -0.3 is 5.32 Å². The van der Waals surface area contributed by atoms with Crippen LogP contribution >= 0.6 is 0 Å². The Labute approximate surface area is 77.9 Å². The van der Waals surface area contributed by atoms with Crippen molar-refractivity contribution in [2.45, 2.75) is 47.0 Å². The molecule has 0 aromatic heterocycles. The van der Waals surface area contributed by atoms with Gasteiger partial charge in [0.2, 0.25) is 0 Å². The van der Waals surface area contributed by atoms with Crippen molar-refractivity contribution in [2.75, 3.05) is 13.1 Å². The number of rotatable bonds is 1. The molecule has 0 aliphatic carbocycles. The fraction of sp³-hybridized carbons (Fsp3) is 1.00. The second-order valence-corrected chi connectivity index (χ2v) is 3.95. The lowest BCUT2D eigenvalue weighted by atomic mass is 9.91. The van der Waals surface area contributed by atoms with Crippen molar-refractivity contribution in [1.82, 2.24) is 5.32 Å². The monoisotopic (exact) mass is 171 g/mol. The summed E-state index contributed by atoms with van der Waals surface area (Å²) in [6.45, 7) is 7.17. The van der Waals surface area contributed by atoms with Gasteiger partial charge in [-0.3, -0.25) is 0 Å². The van der Waals surface area contributed by atoms with Crippen LogP contribution in [-0.4, -0.2) is 13.1 Å². The van der Waals surface area contributed by atoms with Gasteiger partial charge in [0.05, 0.1) is 0 Å². The van der Waals surface area contributed by atoms with E-state index in [2.05, 4.69) is 19.2 Å². The highest BCUT2D eigenvalue weighted by Crippen LogP contribution is 2.18. The van der Waals surface area contributed by atoms with Gasteiger partial charge in [-0.25, -0.2) is 0 Å². The molecular formula is C11H25N. The molecule has 2 unspecified atom stereocenters. The Morgan fingerprint density at radius 2 is 2.00 bits per heavy atom. The van der Waals surface area contributed by atoms with Gasteiger partial charge >= 0.3 is 0 Å². The largest absolute Gasteiger partial charge is 0.316 e. The first-order valence-electron chi connectivity index (χ1n) is 5.03. The maximum Gasteiger partial charge on any atom is -0.00206 e. The molecule has 1 nitrogen and oxygen atoms in total. The first-order chi connectivity index (χ1) is 5.33. The molecule has 1 fully saturated rings. The minimum Gasteiger partial charge on any atom is -0.316 e. The van der Waals surface area contributed by atoms with Gasteiger partial charge in [-0.1, -0.05) is 34.1 Å². The van der Waals surface area contributed by atoms with E-state index >= 15 is 0 Å². The molecule has 74 valence electrons. The minimum absolute atomic E-state index is 0. The first kappa shape index (κ1) is 12.0. The molecule has 0 aromatic carbocycles. The Morgan fingerprint density at radius 1 is 1.25 bits per heavy atom. The standard InChI is InChI=1S/C10H21N.CH4/c1-3-10-5-4-9(2)6-7-11-8-10;/h9-11H,3-8H2,1-2H3;1H4. The zero-order valence-corrected chi connectivity index (χ0v) is 7.90. The van der Waals surface area contributed by atoms with Gasteiger partial charge in [0.1, 0.15) is 0 Å². The summed E-state index contributed by atoms with van der Waals surface area (Å²) >= 11 is 0. The molecule has 1 rings (SSSR count). The average Bonchev–Trinajstić information content (AvgIpc) is 1.98. The Morgan fingerprint density at radius 3 is 2.67 bits per heavy atom. The molecule has 1 aliphatic heterocycles. The van der Waals surface area contributed by atoms with Gasteiger partial charge in [0, 0.05) is 0 Å². The van der Waals surface area contributed by atoms with E-state index in [9.17, 15) is 0 Å². The third kappa shape index (κ3) is 4.10. The van der Waals surface area contributed by atoms with E-state index in [1.165, 1.54) is 38.8 Å². The fourth-order valence-electron chi connectivity index (χ4n) is 1.77. The molecule has 0 amide bonds. The quantitative estimate of drug-likeness (QED) is 0.639. The van der Waals surface area contributed by atoms with Crippen LogP contribution in [0.4, 0.5) is 0 Å². The summed E-state index contributed by atoms with van der Waals surface area (Å²) in [7, 11) is 0. The molecule has 1 saturated heterocycles. The molecule has 2 atom stereocenters. The van der Waals surface area contributed by atoms with Crippen LogP contribution in [0.3, 0.4) is 0 Å². The van der Waals surface area contributed by atoms with E-state index in [0.29, 0.717) is 0 Å². The molecule has 1 heteroatoms. The van der Waals surface area contributed by atoms with Crippen molar-refractivity contribution in [3.05, 3.63) is 0 Å². The summed E-state index contributed by atoms with van der Waals surface area (Å²) in [4.78, 5) is 0. The molecule has 0 radical (unpaired) electrons. The number of hydrogen-bond donors (Lipinski definition) is 1. The zero-order chi connectivity index (χ0) is 8.10. The van der Waals surface area contributed by atoms with E-state index in [-0.39, 0.29) is 7.43 Å². The lowest BCUT2D eigenvalue weighted by Crippen LogP contribution is -2.27. The van der Waals surface area contributed by atoms with Crippen LogP contribution in [-0.2, 0) is 0 Å². The molecule has 0 saturated carbocycles. The van der Waals surface area contributed by atoms with Gasteiger partial charge in [-0.15, -0.1) is 0 Å². The molecule has 1 heterocycles. The van der Waals surface area contributed by atoms with E-state index in [0.717, 1.165) is 11.8 Å². The Hall–Kier alpha value is -0.0400. The maximum absolute atomic E-state index is 3.52. The highest BCUT2D eigenvalue weighted by atomic mass is 14.9. The number of hydrogen-bond acceptors (Lipinski definition) is 1. The van der Waals surface area contributed by atoms with E-state index < -0.39 is 0 Å². The van der Waals surface area contributed by atoms with Crippen molar-refractivity contribution < 1.29 is 0 Å². The first-order valence-corrected chi connectivity index (χ1v) is 5.03. The van der Waals surface area contributed by atoms with Crippen molar-refractivity contribution in [3.63, 3.8) is 0 Å². The zero-order valence-electron chi connectivity index (χ0n) is 7.90. The third-order valence-electron chi connectivity index (χ3n) is 2.89. The predicted octanol–water partition coefficient (Wildman–Crippen LogP) is 3.06. The van der Waals surface area contributed by atoms with Crippen LogP contribution in [0.2, 0.25) is 0 Å². The van der Waals surface area contributed by atoms with Crippen molar-refractivity contribution in [1.29, 1.82) is 0 Å². The van der Waals surface area contributed by atoms with Crippen LogP contribution in [0.1, 0.15) is 47.0 Å². The smallest absolute Gasteiger partial charge is 0.00206 e. The number of nitrogens with one attached hydrogen (secondary N) is 1. The molecular weight excluding hydrogens is 146 g/mol. The third-order valence-corrected chi connectivity index (χ3v) is 2.89. The van der Waals surface area contributed by atoms with Crippen LogP contribution in [0, 0.1) is 11.8 Å². The van der Waals surface area contributed by atoms with Gasteiger partial charge in [0.15, 0.2) is 0 Å². The van der Waals surface area contributed by atoms with E-state index in [4.69, 9.17) is 0 Å². The summed E-state index contributed by atoms with van der Waals surface area (Å²) in [6.07, 6.45) is 5.60. The fourth-order valence-corrected chi connectivity index (χ4v) is 1.77. The molecule has 0 aromatic rings. The molecule has 1 N–H and O–H groups in total. The maximum atomic E-state index is 3.52. The molecule has 0 bridgehead atoms. The summed E-state index contributed by atoms with van der Waals surface area (Å²) in [6, 6.07) is 0. The molecule has 1 aliphatic rings. The molecule has 0 spiro atoms. The predicted molar refractivity (Wildman–Crippen MR) is 56.4 cm³/mol. The minimum atomic E-state index is 0. The van der Waals surface area contributed by atoms with Crippen molar-refractivity contribution in [3.8, 4) is 0 Å². The Kier molecular flexibility index (Phi) is 6.45. The summed E-state index contributed by atoms with van der Waals surface area (Å²) in [5.74, 6) is 1.88. The van der Waals surface area contributed by atoms with Gasteiger partial charge in [-0.05, 0) is 37.8 Å². The van der Waals surface area contributed by atoms with Gasteiger partial charge in [0.25, 0.3) is 0 Å². The summed E-state index contributed by atoms with van der Waals surface area (Å²) in [5, 5.41) is 3.52. The van der Waals surface area contributed by atoms with Crippen LogP contribution in [0.5, 0.6) is 0 Å². The SMILES string of the molecule is C.CCC1CCC(C)CCNC1. The Balaban J connectivity index is 0.00000121.